The van der Waals surface area contributed by atoms with E-state index in [1.54, 1.807) is 13.1 Å². The fourth-order valence-electron chi connectivity index (χ4n) is 1.27. The Morgan fingerprint density at radius 1 is 1.47 bits per heavy atom. The van der Waals surface area contributed by atoms with Gasteiger partial charge in [-0.2, -0.15) is 0 Å². The Balaban J connectivity index is 2.50. The van der Waals surface area contributed by atoms with Crippen molar-refractivity contribution in [1.82, 2.24) is 4.98 Å². The number of nitrogens with zero attached hydrogens (tertiary/aromatic N) is 1. The van der Waals surface area contributed by atoms with E-state index in [1.807, 2.05) is 12.3 Å². The van der Waals surface area contributed by atoms with Crippen LogP contribution < -0.4 is 4.74 Å². The van der Waals surface area contributed by atoms with E-state index in [0.717, 1.165) is 37.2 Å². The lowest BCUT2D eigenvalue weighted by atomic mass is 10.1. The molecule has 0 aromatic carbocycles. The molecule has 0 fully saturated rings. The van der Waals surface area contributed by atoms with Crippen LogP contribution in [0.25, 0.3) is 0 Å². The van der Waals surface area contributed by atoms with Crippen molar-refractivity contribution in [2.75, 3.05) is 6.61 Å². The van der Waals surface area contributed by atoms with Crippen LogP contribution in [0.1, 0.15) is 32.3 Å². The Kier molecular flexibility index (Phi) is 5.12. The van der Waals surface area contributed by atoms with Crippen molar-refractivity contribution in [2.24, 2.45) is 0 Å². The fraction of sp³-hybridized carbons (Fsp3) is 0.583. The minimum atomic E-state index is -0.259. The average molecular weight is 209 g/mol. The molecule has 1 atom stereocenters. The second-order valence-corrected chi connectivity index (χ2v) is 3.77. The molecule has 1 unspecified atom stereocenters. The lowest BCUT2D eigenvalue weighted by molar-refractivity contribution is 0.185. The monoisotopic (exact) mass is 209 g/mol. The van der Waals surface area contributed by atoms with Crippen LogP contribution in [0.4, 0.5) is 0 Å². The first-order chi connectivity index (χ1) is 7.22. The van der Waals surface area contributed by atoms with E-state index in [2.05, 4.69) is 11.9 Å². The largest absolute Gasteiger partial charge is 0.492 e. The normalized spacial score (nSPS) is 12.5. The van der Waals surface area contributed by atoms with Gasteiger partial charge in [0, 0.05) is 6.20 Å². The number of aromatic nitrogens is 1. The third-order valence-electron chi connectivity index (χ3n) is 2.09. The van der Waals surface area contributed by atoms with Gasteiger partial charge in [0.15, 0.2) is 0 Å². The molecule has 0 amide bonds. The topological polar surface area (TPSA) is 42.4 Å². The molecule has 0 bridgehead atoms. The summed E-state index contributed by atoms with van der Waals surface area (Å²) in [5, 5.41) is 9.17. The molecule has 1 N–H and O–H groups in total. The summed E-state index contributed by atoms with van der Waals surface area (Å²) < 4.78 is 5.48. The average Bonchev–Trinajstić information content (AvgIpc) is 2.24. The molecule has 1 heterocycles. The van der Waals surface area contributed by atoms with Crippen LogP contribution in [0.15, 0.2) is 18.5 Å². The number of pyridine rings is 1. The van der Waals surface area contributed by atoms with Crippen molar-refractivity contribution in [3.05, 3.63) is 24.0 Å². The highest BCUT2D eigenvalue weighted by Gasteiger charge is 2.00. The van der Waals surface area contributed by atoms with Crippen molar-refractivity contribution >= 4 is 0 Å². The fourth-order valence-corrected chi connectivity index (χ4v) is 1.27. The number of ether oxygens (including phenoxy) is 1. The highest BCUT2D eigenvalue weighted by Crippen LogP contribution is 2.13. The van der Waals surface area contributed by atoms with E-state index in [1.165, 1.54) is 0 Å². The summed E-state index contributed by atoms with van der Waals surface area (Å²) in [5.41, 5.74) is 1.12. The Morgan fingerprint density at radius 3 is 2.93 bits per heavy atom. The van der Waals surface area contributed by atoms with Crippen molar-refractivity contribution in [3.63, 3.8) is 0 Å². The van der Waals surface area contributed by atoms with Crippen molar-refractivity contribution in [1.29, 1.82) is 0 Å². The molecule has 0 radical (unpaired) electrons. The van der Waals surface area contributed by atoms with Gasteiger partial charge in [0.1, 0.15) is 5.75 Å². The predicted octanol–water partition coefficient (Wildman–Crippen LogP) is 2.18. The molecule has 0 aliphatic rings. The summed E-state index contributed by atoms with van der Waals surface area (Å²) in [6.07, 6.45) is 5.89. The van der Waals surface area contributed by atoms with Crippen LogP contribution in [0, 0.1) is 0 Å². The second kappa shape index (κ2) is 6.40. The van der Waals surface area contributed by atoms with Gasteiger partial charge < -0.3 is 9.84 Å². The van der Waals surface area contributed by atoms with Gasteiger partial charge in [-0.1, -0.05) is 6.92 Å². The number of hydrogen-bond acceptors (Lipinski definition) is 3. The summed E-state index contributed by atoms with van der Waals surface area (Å²) >= 11 is 0. The molecular weight excluding hydrogens is 190 g/mol. The summed E-state index contributed by atoms with van der Waals surface area (Å²) in [4.78, 5) is 4.11. The molecule has 1 aromatic rings. The smallest absolute Gasteiger partial charge is 0.137 e. The van der Waals surface area contributed by atoms with Gasteiger partial charge in [0.25, 0.3) is 0 Å². The third kappa shape index (κ3) is 4.79. The zero-order valence-electron chi connectivity index (χ0n) is 9.44. The molecule has 0 aliphatic carbocycles. The predicted molar refractivity (Wildman–Crippen MR) is 60.0 cm³/mol. The first-order valence-corrected chi connectivity index (χ1v) is 5.47. The van der Waals surface area contributed by atoms with Gasteiger partial charge in [-0.15, -0.1) is 0 Å². The van der Waals surface area contributed by atoms with Crippen LogP contribution in [0.5, 0.6) is 5.75 Å². The van der Waals surface area contributed by atoms with Gasteiger partial charge in [0.2, 0.25) is 0 Å². The van der Waals surface area contributed by atoms with Crippen molar-refractivity contribution in [3.8, 4) is 5.75 Å². The Morgan fingerprint density at radius 2 is 2.27 bits per heavy atom. The van der Waals surface area contributed by atoms with E-state index in [0.29, 0.717) is 0 Å². The zero-order chi connectivity index (χ0) is 11.1. The number of hydrogen-bond donors (Lipinski definition) is 1. The Bertz CT molecular complexity index is 287. The molecule has 84 valence electrons. The van der Waals surface area contributed by atoms with E-state index in [4.69, 9.17) is 4.74 Å². The van der Waals surface area contributed by atoms with Crippen LogP contribution in [-0.2, 0) is 6.42 Å². The van der Waals surface area contributed by atoms with Gasteiger partial charge in [-0.05, 0) is 37.8 Å². The minimum Gasteiger partial charge on any atom is -0.492 e. The molecule has 3 heteroatoms. The quantitative estimate of drug-likeness (QED) is 0.781. The lowest BCUT2D eigenvalue weighted by Crippen LogP contribution is -2.02. The van der Waals surface area contributed by atoms with Crippen molar-refractivity contribution in [2.45, 2.75) is 39.2 Å². The molecule has 1 aromatic heterocycles. The lowest BCUT2D eigenvalue weighted by Gasteiger charge is -2.07. The molecule has 15 heavy (non-hydrogen) atoms. The summed E-state index contributed by atoms with van der Waals surface area (Å²) in [6.45, 7) is 4.59. The van der Waals surface area contributed by atoms with E-state index < -0.39 is 0 Å². The Labute approximate surface area is 91.1 Å². The standard InChI is InChI=1S/C12H19NO2/c1-3-6-15-12-7-11(8-13-9-12)5-4-10(2)14/h7-10,14H,3-6H2,1-2H3. The maximum atomic E-state index is 9.17. The molecule has 1 rings (SSSR count). The van der Waals surface area contributed by atoms with Crippen LogP contribution in [-0.4, -0.2) is 22.8 Å². The van der Waals surface area contributed by atoms with Crippen LogP contribution in [0.3, 0.4) is 0 Å². The zero-order valence-corrected chi connectivity index (χ0v) is 9.44. The highest BCUT2D eigenvalue weighted by molar-refractivity contribution is 5.23. The van der Waals surface area contributed by atoms with Gasteiger partial charge >= 0.3 is 0 Å². The van der Waals surface area contributed by atoms with Gasteiger partial charge in [-0.25, -0.2) is 0 Å². The van der Waals surface area contributed by atoms with E-state index >= 15 is 0 Å². The molecule has 0 spiro atoms. The highest BCUT2D eigenvalue weighted by atomic mass is 16.5. The molecule has 0 saturated carbocycles. The first kappa shape index (κ1) is 12.0. The summed E-state index contributed by atoms with van der Waals surface area (Å²) in [6, 6.07) is 1.99. The molecule has 0 aliphatic heterocycles. The summed E-state index contributed by atoms with van der Waals surface area (Å²) in [7, 11) is 0. The van der Waals surface area contributed by atoms with Crippen LogP contribution in [0.2, 0.25) is 0 Å². The maximum absolute atomic E-state index is 9.17. The van der Waals surface area contributed by atoms with Crippen LogP contribution >= 0.6 is 0 Å². The molecular formula is C12H19NO2. The van der Waals surface area contributed by atoms with Gasteiger partial charge in [0.05, 0.1) is 18.9 Å². The van der Waals surface area contributed by atoms with Gasteiger partial charge in [-0.3, -0.25) is 4.98 Å². The number of aliphatic hydroxyl groups is 1. The molecule has 3 nitrogen and oxygen atoms in total. The number of rotatable bonds is 6. The van der Waals surface area contributed by atoms with Crippen molar-refractivity contribution < 1.29 is 9.84 Å². The number of aliphatic hydroxyl groups excluding tert-OH is 1. The summed E-state index contributed by atoms with van der Waals surface area (Å²) in [5.74, 6) is 0.819. The van der Waals surface area contributed by atoms with E-state index in [-0.39, 0.29) is 6.10 Å². The SMILES string of the molecule is CCCOc1cncc(CCC(C)O)c1. The number of aryl methyl sites for hydroxylation is 1. The molecule has 0 saturated heterocycles. The Hall–Kier alpha value is -1.09. The minimum absolute atomic E-state index is 0.259. The third-order valence-corrected chi connectivity index (χ3v) is 2.09. The second-order valence-electron chi connectivity index (χ2n) is 3.77. The first-order valence-electron chi connectivity index (χ1n) is 5.47. The van der Waals surface area contributed by atoms with E-state index in [9.17, 15) is 5.11 Å². The maximum Gasteiger partial charge on any atom is 0.137 e.